The highest BCUT2D eigenvalue weighted by molar-refractivity contribution is 14.0. The number of aliphatic imine (C=N–C) groups is 1. The number of nitrogens with one attached hydrogen (secondary N) is 1. The van der Waals surface area contributed by atoms with Gasteiger partial charge in [-0.2, -0.15) is 0 Å². The SMILES string of the molecule is CSc1nnc(CN=C(N)Nc2cccc(C)c2)s1.I. The number of aryl methyl sites for hydroxylation is 1. The van der Waals surface area contributed by atoms with Crippen molar-refractivity contribution in [2.75, 3.05) is 11.6 Å². The second kappa shape index (κ2) is 8.42. The fourth-order valence-corrected chi connectivity index (χ4v) is 2.69. The van der Waals surface area contributed by atoms with E-state index in [2.05, 4.69) is 20.5 Å². The van der Waals surface area contributed by atoms with Crippen molar-refractivity contribution in [1.29, 1.82) is 0 Å². The number of rotatable bonds is 4. The number of thioether (sulfide) groups is 1. The number of aromatic nitrogens is 2. The number of halogens is 1. The van der Waals surface area contributed by atoms with Crippen molar-refractivity contribution in [3.63, 3.8) is 0 Å². The molecule has 0 saturated carbocycles. The lowest BCUT2D eigenvalue weighted by atomic mass is 10.2. The first-order valence-electron chi connectivity index (χ1n) is 5.67. The van der Waals surface area contributed by atoms with Crippen LogP contribution in [0.4, 0.5) is 5.69 Å². The molecule has 1 aromatic carbocycles. The van der Waals surface area contributed by atoms with Crippen LogP contribution in [0, 0.1) is 6.92 Å². The Kier molecular flexibility index (Phi) is 7.24. The molecule has 0 atom stereocenters. The van der Waals surface area contributed by atoms with E-state index in [0.29, 0.717) is 12.5 Å². The highest BCUT2D eigenvalue weighted by Gasteiger charge is 2.02. The lowest BCUT2D eigenvalue weighted by Crippen LogP contribution is -2.22. The van der Waals surface area contributed by atoms with Gasteiger partial charge in [-0.15, -0.1) is 34.2 Å². The van der Waals surface area contributed by atoms with Crippen LogP contribution in [-0.2, 0) is 6.54 Å². The summed E-state index contributed by atoms with van der Waals surface area (Å²) < 4.78 is 0.940. The van der Waals surface area contributed by atoms with E-state index in [-0.39, 0.29) is 24.0 Å². The predicted octanol–water partition coefficient (Wildman–Crippen LogP) is 3.11. The van der Waals surface area contributed by atoms with E-state index in [9.17, 15) is 0 Å². The van der Waals surface area contributed by atoms with Crippen LogP contribution in [0.2, 0.25) is 0 Å². The van der Waals surface area contributed by atoms with Crippen LogP contribution in [0.15, 0.2) is 33.6 Å². The predicted molar refractivity (Wildman–Crippen MR) is 97.2 cm³/mol. The van der Waals surface area contributed by atoms with Crippen LogP contribution < -0.4 is 11.1 Å². The van der Waals surface area contributed by atoms with Gasteiger partial charge in [-0.05, 0) is 30.9 Å². The molecule has 0 amide bonds. The van der Waals surface area contributed by atoms with Crippen LogP contribution in [0.3, 0.4) is 0 Å². The molecule has 0 radical (unpaired) electrons. The number of hydrogen-bond acceptors (Lipinski definition) is 5. The van der Waals surface area contributed by atoms with Crippen molar-refractivity contribution in [2.45, 2.75) is 17.8 Å². The highest BCUT2D eigenvalue weighted by Crippen LogP contribution is 2.19. The smallest absolute Gasteiger partial charge is 0.193 e. The highest BCUT2D eigenvalue weighted by atomic mass is 127. The first kappa shape index (κ1) is 17.2. The molecule has 0 unspecified atom stereocenters. The molecule has 0 aliphatic rings. The molecular weight excluding hydrogens is 405 g/mol. The van der Waals surface area contributed by atoms with Gasteiger partial charge in [0.05, 0.1) is 6.54 Å². The summed E-state index contributed by atoms with van der Waals surface area (Å²) in [6.45, 7) is 2.48. The zero-order valence-electron chi connectivity index (χ0n) is 11.2. The minimum atomic E-state index is 0. The van der Waals surface area contributed by atoms with Gasteiger partial charge in [0, 0.05) is 5.69 Å². The maximum Gasteiger partial charge on any atom is 0.193 e. The van der Waals surface area contributed by atoms with E-state index in [4.69, 9.17) is 5.73 Å². The normalized spacial score (nSPS) is 11.0. The minimum absolute atomic E-state index is 0. The molecule has 0 saturated heterocycles. The van der Waals surface area contributed by atoms with Crippen molar-refractivity contribution in [3.05, 3.63) is 34.8 Å². The summed E-state index contributed by atoms with van der Waals surface area (Å²) in [5, 5.41) is 12.0. The first-order valence-corrected chi connectivity index (χ1v) is 7.71. The van der Waals surface area contributed by atoms with E-state index < -0.39 is 0 Å². The third kappa shape index (κ3) is 5.25. The Morgan fingerprint density at radius 3 is 2.90 bits per heavy atom. The molecule has 0 aliphatic carbocycles. The largest absolute Gasteiger partial charge is 0.370 e. The second-order valence-corrected chi connectivity index (χ2v) is 5.98. The fraction of sp³-hybridized carbons (Fsp3) is 0.250. The third-order valence-electron chi connectivity index (χ3n) is 2.30. The van der Waals surface area contributed by atoms with Crippen molar-refractivity contribution in [2.24, 2.45) is 10.7 Å². The molecule has 2 rings (SSSR count). The standard InChI is InChI=1S/C12H15N5S2.HI/c1-8-4-3-5-9(6-8)15-11(13)14-7-10-16-17-12(18-2)19-10;/h3-6H,7H2,1-2H3,(H3,13,14,15);1H. The number of benzene rings is 1. The molecule has 3 N–H and O–H groups in total. The summed E-state index contributed by atoms with van der Waals surface area (Å²) in [5.74, 6) is 0.381. The van der Waals surface area contributed by atoms with Gasteiger partial charge in [0.25, 0.3) is 0 Å². The quantitative estimate of drug-likeness (QED) is 0.344. The number of nitrogens with zero attached hydrogens (tertiary/aromatic N) is 3. The van der Waals surface area contributed by atoms with Gasteiger partial charge in [0.1, 0.15) is 5.01 Å². The molecule has 0 aliphatic heterocycles. The Morgan fingerprint density at radius 2 is 2.25 bits per heavy atom. The lowest BCUT2D eigenvalue weighted by molar-refractivity contribution is 0.926. The van der Waals surface area contributed by atoms with Crippen LogP contribution in [0.25, 0.3) is 0 Å². The van der Waals surface area contributed by atoms with Gasteiger partial charge in [-0.1, -0.05) is 35.2 Å². The maximum atomic E-state index is 5.83. The zero-order chi connectivity index (χ0) is 13.7. The van der Waals surface area contributed by atoms with Crippen LogP contribution in [0.5, 0.6) is 0 Å². The molecular formula is C12H16IN5S2. The Bertz CT molecular complexity index is 585. The van der Waals surface area contributed by atoms with Crippen molar-refractivity contribution < 1.29 is 0 Å². The summed E-state index contributed by atoms with van der Waals surface area (Å²) in [6.07, 6.45) is 1.97. The van der Waals surface area contributed by atoms with Gasteiger partial charge in [-0.3, -0.25) is 0 Å². The molecule has 0 bridgehead atoms. The molecule has 20 heavy (non-hydrogen) atoms. The lowest BCUT2D eigenvalue weighted by Gasteiger charge is -2.05. The molecule has 108 valence electrons. The Hall–Kier alpha value is -0.870. The minimum Gasteiger partial charge on any atom is -0.370 e. The van der Waals surface area contributed by atoms with E-state index in [1.807, 2.05) is 37.4 Å². The number of hydrogen-bond donors (Lipinski definition) is 2. The summed E-state index contributed by atoms with van der Waals surface area (Å²) in [7, 11) is 0. The van der Waals surface area contributed by atoms with Crippen molar-refractivity contribution in [1.82, 2.24) is 10.2 Å². The zero-order valence-corrected chi connectivity index (χ0v) is 15.1. The van der Waals surface area contributed by atoms with Crippen LogP contribution in [-0.4, -0.2) is 22.4 Å². The molecule has 0 fully saturated rings. The molecule has 5 nitrogen and oxygen atoms in total. The van der Waals surface area contributed by atoms with Gasteiger partial charge in [-0.25, -0.2) is 4.99 Å². The monoisotopic (exact) mass is 421 g/mol. The van der Waals surface area contributed by atoms with Gasteiger partial charge in [0.2, 0.25) is 0 Å². The molecule has 1 heterocycles. The van der Waals surface area contributed by atoms with E-state index in [1.54, 1.807) is 11.8 Å². The Morgan fingerprint density at radius 1 is 1.45 bits per heavy atom. The Labute approximate surface area is 143 Å². The number of nitrogens with two attached hydrogens (primary N) is 1. The summed E-state index contributed by atoms with van der Waals surface area (Å²) >= 11 is 3.11. The molecule has 2 aromatic rings. The fourth-order valence-electron chi connectivity index (χ4n) is 1.45. The number of anilines is 1. The van der Waals surface area contributed by atoms with Crippen LogP contribution >= 0.6 is 47.1 Å². The molecule has 8 heteroatoms. The van der Waals surface area contributed by atoms with Gasteiger partial charge < -0.3 is 11.1 Å². The summed E-state index contributed by atoms with van der Waals surface area (Å²) in [5.41, 5.74) is 7.94. The second-order valence-electron chi connectivity index (χ2n) is 3.86. The summed E-state index contributed by atoms with van der Waals surface area (Å²) in [4.78, 5) is 4.25. The van der Waals surface area contributed by atoms with Gasteiger partial charge in [0.15, 0.2) is 10.3 Å². The van der Waals surface area contributed by atoms with Crippen molar-refractivity contribution >= 4 is 58.7 Å². The maximum absolute atomic E-state index is 5.83. The van der Waals surface area contributed by atoms with E-state index >= 15 is 0 Å². The third-order valence-corrected chi connectivity index (χ3v) is 4.18. The van der Waals surface area contributed by atoms with E-state index in [1.165, 1.54) is 16.9 Å². The van der Waals surface area contributed by atoms with E-state index in [0.717, 1.165) is 15.0 Å². The number of guanidine groups is 1. The Balaban J connectivity index is 0.00000200. The van der Waals surface area contributed by atoms with Gasteiger partial charge >= 0.3 is 0 Å². The molecule has 1 aromatic heterocycles. The molecule has 0 spiro atoms. The van der Waals surface area contributed by atoms with Crippen molar-refractivity contribution in [3.8, 4) is 0 Å². The average molecular weight is 421 g/mol. The average Bonchev–Trinajstić information content (AvgIpc) is 2.84. The summed E-state index contributed by atoms with van der Waals surface area (Å²) in [6, 6.07) is 7.97. The topological polar surface area (TPSA) is 76.2 Å². The van der Waals surface area contributed by atoms with Crippen LogP contribution in [0.1, 0.15) is 10.6 Å². The first-order chi connectivity index (χ1) is 9.17.